The zero-order valence-electron chi connectivity index (χ0n) is 9.38. The molecule has 1 atom stereocenters. The van der Waals surface area contributed by atoms with Crippen LogP contribution in [0.2, 0.25) is 0 Å². The van der Waals surface area contributed by atoms with Crippen LogP contribution in [0.4, 0.5) is 0 Å². The number of nitrogens with zero attached hydrogens (tertiary/aromatic N) is 1. The molecule has 1 rings (SSSR count). The Morgan fingerprint density at radius 2 is 2.21 bits per heavy atom. The zero-order valence-corrected chi connectivity index (χ0v) is 9.38. The van der Waals surface area contributed by atoms with Crippen molar-refractivity contribution in [1.82, 2.24) is 10.2 Å². The summed E-state index contributed by atoms with van der Waals surface area (Å²) in [5, 5.41) is 3.33. The highest BCUT2D eigenvalue weighted by molar-refractivity contribution is 5.83. The van der Waals surface area contributed by atoms with Crippen molar-refractivity contribution in [3.05, 3.63) is 0 Å². The number of hydrogen-bond donors (Lipinski definition) is 1. The minimum absolute atomic E-state index is 0.0987. The van der Waals surface area contributed by atoms with Gasteiger partial charge in [-0.2, -0.15) is 0 Å². The number of likely N-dealkylation sites (tertiary alicyclic amines) is 1. The summed E-state index contributed by atoms with van der Waals surface area (Å²) in [6, 6.07) is 0.0987. The first-order valence-corrected chi connectivity index (χ1v) is 5.74. The van der Waals surface area contributed by atoms with Crippen LogP contribution >= 0.6 is 0 Å². The van der Waals surface area contributed by atoms with Crippen molar-refractivity contribution in [2.75, 3.05) is 20.1 Å². The molecule has 0 bridgehead atoms. The average Bonchev–Trinajstić information content (AvgIpc) is 2.49. The number of hydrogen-bond acceptors (Lipinski definition) is 2. The highest BCUT2D eigenvalue weighted by atomic mass is 16.2. The van der Waals surface area contributed by atoms with Gasteiger partial charge in [-0.1, -0.05) is 26.2 Å². The van der Waals surface area contributed by atoms with E-state index in [0.29, 0.717) is 0 Å². The fraction of sp³-hybridized carbons (Fsp3) is 0.909. The number of rotatable bonds is 6. The highest BCUT2D eigenvalue weighted by Gasteiger charge is 2.27. The first-order valence-electron chi connectivity index (χ1n) is 5.74. The lowest BCUT2D eigenvalue weighted by Crippen LogP contribution is -2.37. The quantitative estimate of drug-likeness (QED) is 0.654. The van der Waals surface area contributed by atoms with E-state index in [9.17, 15) is 4.79 Å². The third-order valence-electron chi connectivity index (χ3n) is 2.85. The summed E-state index contributed by atoms with van der Waals surface area (Å²) in [6.45, 7) is 4.11. The van der Waals surface area contributed by atoms with E-state index in [-0.39, 0.29) is 11.9 Å². The lowest BCUT2D eigenvalue weighted by molar-refractivity contribution is -0.128. The maximum Gasteiger partial charge on any atom is 0.239 e. The van der Waals surface area contributed by atoms with Crippen LogP contribution in [0.15, 0.2) is 0 Å². The monoisotopic (exact) mass is 198 g/mol. The van der Waals surface area contributed by atoms with E-state index in [1.807, 2.05) is 11.9 Å². The predicted molar refractivity (Wildman–Crippen MR) is 58.2 cm³/mol. The first-order chi connectivity index (χ1) is 6.75. The fourth-order valence-electron chi connectivity index (χ4n) is 1.84. The van der Waals surface area contributed by atoms with Gasteiger partial charge in [0.1, 0.15) is 0 Å². The van der Waals surface area contributed by atoms with Gasteiger partial charge in [0, 0.05) is 13.6 Å². The van der Waals surface area contributed by atoms with Crippen LogP contribution in [0.1, 0.15) is 39.0 Å². The molecule has 14 heavy (non-hydrogen) atoms. The maximum absolute atomic E-state index is 11.5. The Labute approximate surface area is 86.9 Å². The number of carbonyl (C=O) groups is 1. The topological polar surface area (TPSA) is 32.3 Å². The van der Waals surface area contributed by atoms with Crippen molar-refractivity contribution in [2.45, 2.75) is 45.1 Å². The summed E-state index contributed by atoms with van der Waals surface area (Å²) in [4.78, 5) is 13.3. The predicted octanol–water partition coefficient (Wildman–Crippen LogP) is 1.39. The Balaban J connectivity index is 2.04. The summed E-state index contributed by atoms with van der Waals surface area (Å²) >= 11 is 0. The van der Waals surface area contributed by atoms with E-state index in [4.69, 9.17) is 0 Å². The minimum Gasteiger partial charge on any atom is -0.344 e. The van der Waals surface area contributed by atoms with E-state index < -0.39 is 0 Å². The summed E-state index contributed by atoms with van der Waals surface area (Å²) in [5.74, 6) is 0.264. The number of unbranched alkanes of at least 4 members (excludes halogenated alkanes) is 3. The van der Waals surface area contributed by atoms with E-state index in [2.05, 4.69) is 12.2 Å². The molecule has 0 aromatic rings. The maximum atomic E-state index is 11.5. The van der Waals surface area contributed by atoms with Crippen molar-refractivity contribution in [2.24, 2.45) is 0 Å². The van der Waals surface area contributed by atoms with Gasteiger partial charge in [-0.15, -0.1) is 0 Å². The molecule has 0 aromatic heterocycles. The van der Waals surface area contributed by atoms with Crippen LogP contribution in [-0.2, 0) is 4.79 Å². The Bertz CT molecular complexity index is 182. The van der Waals surface area contributed by atoms with E-state index in [0.717, 1.165) is 19.5 Å². The molecular formula is C11H22N2O. The second-order valence-electron chi connectivity index (χ2n) is 4.12. The third-order valence-corrected chi connectivity index (χ3v) is 2.85. The smallest absolute Gasteiger partial charge is 0.239 e. The largest absolute Gasteiger partial charge is 0.344 e. The van der Waals surface area contributed by atoms with E-state index in [1.54, 1.807) is 0 Å². The van der Waals surface area contributed by atoms with Crippen LogP contribution in [0.5, 0.6) is 0 Å². The molecule has 1 aliphatic heterocycles. The van der Waals surface area contributed by atoms with Crippen molar-refractivity contribution in [1.29, 1.82) is 0 Å². The SMILES string of the molecule is CCCCCCNC1CCN(C)C1=O. The van der Waals surface area contributed by atoms with Crippen LogP contribution in [0.25, 0.3) is 0 Å². The molecular weight excluding hydrogens is 176 g/mol. The van der Waals surface area contributed by atoms with Gasteiger partial charge < -0.3 is 10.2 Å². The van der Waals surface area contributed by atoms with Gasteiger partial charge in [0.05, 0.1) is 6.04 Å². The lowest BCUT2D eigenvalue weighted by atomic mass is 10.2. The molecule has 1 heterocycles. The number of carbonyl (C=O) groups excluding carboxylic acids is 1. The van der Waals surface area contributed by atoms with Gasteiger partial charge in [-0.05, 0) is 19.4 Å². The van der Waals surface area contributed by atoms with Gasteiger partial charge in [0.2, 0.25) is 5.91 Å². The number of nitrogens with one attached hydrogen (secondary N) is 1. The summed E-state index contributed by atoms with van der Waals surface area (Å²) < 4.78 is 0. The Hall–Kier alpha value is -0.570. The van der Waals surface area contributed by atoms with Gasteiger partial charge >= 0.3 is 0 Å². The molecule has 1 N–H and O–H groups in total. The van der Waals surface area contributed by atoms with Crippen LogP contribution in [0, 0.1) is 0 Å². The number of amides is 1. The summed E-state index contributed by atoms with van der Waals surface area (Å²) in [5.41, 5.74) is 0. The Morgan fingerprint density at radius 3 is 2.79 bits per heavy atom. The van der Waals surface area contributed by atoms with Crippen molar-refractivity contribution in [3.8, 4) is 0 Å². The zero-order chi connectivity index (χ0) is 10.4. The molecule has 1 saturated heterocycles. The molecule has 0 aromatic carbocycles. The van der Waals surface area contributed by atoms with Gasteiger partial charge in [0.25, 0.3) is 0 Å². The lowest BCUT2D eigenvalue weighted by Gasteiger charge is -2.11. The highest BCUT2D eigenvalue weighted by Crippen LogP contribution is 2.08. The molecule has 1 fully saturated rings. The Morgan fingerprint density at radius 1 is 1.43 bits per heavy atom. The van der Waals surface area contributed by atoms with Gasteiger partial charge in [0.15, 0.2) is 0 Å². The van der Waals surface area contributed by atoms with E-state index in [1.165, 1.54) is 25.7 Å². The molecule has 0 radical (unpaired) electrons. The molecule has 3 heteroatoms. The normalized spacial score (nSPS) is 22.0. The van der Waals surface area contributed by atoms with Gasteiger partial charge in [-0.25, -0.2) is 0 Å². The fourth-order valence-corrected chi connectivity index (χ4v) is 1.84. The van der Waals surface area contributed by atoms with Gasteiger partial charge in [-0.3, -0.25) is 4.79 Å². The molecule has 82 valence electrons. The van der Waals surface area contributed by atoms with Crippen LogP contribution in [-0.4, -0.2) is 37.0 Å². The average molecular weight is 198 g/mol. The van der Waals surface area contributed by atoms with Crippen molar-refractivity contribution in [3.63, 3.8) is 0 Å². The molecule has 1 amide bonds. The van der Waals surface area contributed by atoms with E-state index >= 15 is 0 Å². The van der Waals surface area contributed by atoms with Crippen LogP contribution in [0.3, 0.4) is 0 Å². The first kappa shape index (κ1) is 11.5. The molecule has 0 aliphatic carbocycles. The second-order valence-corrected chi connectivity index (χ2v) is 4.12. The molecule has 3 nitrogen and oxygen atoms in total. The summed E-state index contributed by atoms with van der Waals surface area (Å²) in [7, 11) is 1.88. The minimum atomic E-state index is 0.0987. The van der Waals surface area contributed by atoms with Crippen LogP contribution < -0.4 is 5.32 Å². The third kappa shape index (κ3) is 3.29. The summed E-state index contributed by atoms with van der Waals surface area (Å²) in [6.07, 6.45) is 6.02. The molecule has 1 aliphatic rings. The second kappa shape index (κ2) is 6.02. The molecule has 0 spiro atoms. The molecule has 0 saturated carbocycles. The van der Waals surface area contributed by atoms with Crippen molar-refractivity contribution >= 4 is 5.91 Å². The van der Waals surface area contributed by atoms with Crippen molar-refractivity contribution < 1.29 is 4.79 Å². The number of likely N-dealkylation sites (N-methyl/N-ethyl adjacent to an activating group) is 1. The standard InChI is InChI=1S/C11H22N2O/c1-3-4-5-6-8-12-10-7-9-13(2)11(10)14/h10,12H,3-9H2,1-2H3. The molecule has 1 unspecified atom stereocenters. The Kier molecular flexibility index (Phi) is 4.94.